The van der Waals surface area contributed by atoms with Crippen molar-refractivity contribution in [3.63, 3.8) is 0 Å². The highest BCUT2D eigenvalue weighted by atomic mass is 15.3. The number of hydrogen-bond donors (Lipinski definition) is 2. The van der Waals surface area contributed by atoms with Crippen molar-refractivity contribution >= 4 is 11.9 Å². The van der Waals surface area contributed by atoms with Crippen LogP contribution in [0.4, 0.5) is 0 Å². The van der Waals surface area contributed by atoms with E-state index in [0.29, 0.717) is 5.71 Å². The maximum Gasteiger partial charge on any atom is 0.0678 e. The third-order valence-corrected chi connectivity index (χ3v) is 0.955. The van der Waals surface area contributed by atoms with E-state index in [9.17, 15) is 0 Å². The SMILES string of the molecule is CNN=CC(=N)C(C)C. The molecule has 0 atom stereocenters. The van der Waals surface area contributed by atoms with E-state index < -0.39 is 0 Å². The van der Waals surface area contributed by atoms with Crippen LogP contribution in [0.3, 0.4) is 0 Å². The summed E-state index contributed by atoms with van der Waals surface area (Å²) in [6, 6.07) is 0. The molecule has 3 heteroatoms. The van der Waals surface area contributed by atoms with Crippen molar-refractivity contribution in [1.82, 2.24) is 5.43 Å². The average molecular weight is 127 g/mol. The summed E-state index contributed by atoms with van der Waals surface area (Å²) >= 11 is 0. The predicted octanol–water partition coefficient (Wildman–Crippen LogP) is 0.867. The highest BCUT2D eigenvalue weighted by molar-refractivity contribution is 6.29. The summed E-state index contributed by atoms with van der Waals surface area (Å²) in [5.74, 6) is 0.266. The fraction of sp³-hybridized carbons (Fsp3) is 0.667. The molecule has 0 aromatic heterocycles. The van der Waals surface area contributed by atoms with E-state index >= 15 is 0 Å². The van der Waals surface area contributed by atoms with Gasteiger partial charge in [-0.05, 0) is 5.92 Å². The predicted molar refractivity (Wildman–Crippen MR) is 40.1 cm³/mol. The fourth-order valence-corrected chi connectivity index (χ4v) is 0.283. The Morgan fingerprint density at radius 3 is 2.56 bits per heavy atom. The summed E-state index contributed by atoms with van der Waals surface area (Å²) in [5.41, 5.74) is 3.13. The van der Waals surface area contributed by atoms with E-state index in [2.05, 4.69) is 10.5 Å². The highest BCUT2D eigenvalue weighted by Crippen LogP contribution is 1.90. The topological polar surface area (TPSA) is 48.2 Å². The van der Waals surface area contributed by atoms with Gasteiger partial charge < -0.3 is 10.8 Å². The number of nitrogens with one attached hydrogen (secondary N) is 2. The Bertz CT molecular complexity index is 115. The molecular formula is C6H13N3. The lowest BCUT2D eigenvalue weighted by molar-refractivity contribution is 0.878. The first-order valence-corrected chi connectivity index (χ1v) is 2.96. The zero-order valence-corrected chi connectivity index (χ0v) is 6.10. The first-order valence-electron chi connectivity index (χ1n) is 2.96. The molecule has 0 heterocycles. The van der Waals surface area contributed by atoms with Crippen LogP contribution in [0.1, 0.15) is 13.8 Å². The zero-order valence-electron chi connectivity index (χ0n) is 6.10. The molecule has 0 amide bonds. The van der Waals surface area contributed by atoms with Crippen molar-refractivity contribution < 1.29 is 0 Å². The van der Waals surface area contributed by atoms with Crippen LogP contribution in [0.25, 0.3) is 0 Å². The minimum atomic E-state index is 0.266. The lowest BCUT2D eigenvalue weighted by atomic mass is 10.1. The minimum Gasteiger partial charge on any atom is -0.313 e. The second-order valence-corrected chi connectivity index (χ2v) is 2.09. The van der Waals surface area contributed by atoms with Gasteiger partial charge in [0.15, 0.2) is 0 Å². The van der Waals surface area contributed by atoms with Gasteiger partial charge in [-0.1, -0.05) is 13.8 Å². The van der Waals surface area contributed by atoms with Gasteiger partial charge in [-0.2, -0.15) is 5.10 Å². The average Bonchev–Trinajstić information content (AvgIpc) is 1.82. The molecule has 0 aliphatic carbocycles. The van der Waals surface area contributed by atoms with E-state index in [-0.39, 0.29) is 5.92 Å². The molecule has 0 aromatic carbocycles. The van der Waals surface area contributed by atoms with Gasteiger partial charge in [0.25, 0.3) is 0 Å². The number of hydrogen-bond acceptors (Lipinski definition) is 3. The quantitative estimate of drug-likeness (QED) is 0.429. The summed E-state index contributed by atoms with van der Waals surface area (Å²) in [5, 5.41) is 11.0. The fourth-order valence-electron chi connectivity index (χ4n) is 0.283. The van der Waals surface area contributed by atoms with Crippen molar-refractivity contribution in [1.29, 1.82) is 5.41 Å². The molecule has 0 spiro atoms. The van der Waals surface area contributed by atoms with Crippen LogP contribution in [-0.2, 0) is 0 Å². The Hall–Kier alpha value is -0.860. The third-order valence-electron chi connectivity index (χ3n) is 0.955. The Labute approximate surface area is 55.7 Å². The van der Waals surface area contributed by atoms with E-state index in [1.165, 1.54) is 6.21 Å². The van der Waals surface area contributed by atoms with Crippen molar-refractivity contribution in [3.8, 4) is 0 Å². The van der Waals surface area contributed by atoms with Crippen LogP contribution < -0.4 is 5.43 Å². The van der Waals surface area contributed by atoms with Crippen LogP contribution in [0, 0.1) is 11.3 Å². The normalized spacial score (nSPS) is 10.7. The lowest BCUT2D eigenvalue weighted by Crippen LogP contribution is -2.09. The zero-order chi connectivity index (χ0) is 7.28. The number of nitrogens with zero attached hydrogens (tertiary/aromatic N) is 1. The maximum atomic E-state index is 7.26. The summed E-state index contributed by atoms with van der Waals surface area (Å²) in [7, 11) is 1.71. The van der Waals surface area contributed by atoms with Gasteiger partial charge in [-0.25, -0.2) is 0 Å². The molecular weight excluding hydrogens is 114 g/mol. The Kier molecular flexibility index (Phi) is 3.67. The summed E-state index contributed by atoms with van der Waals surface area (Å²) in [6.45, 7) is 3.92. The van der Waals surface area contributed by atoms with Crippen LogP contribution in [-0.4, -0.2) is 19.0 Å². The Morgan fingerprint density at radius 1 is 1.67 bits per heavy atom. The van der Waals surface area contributed by atoms with Crippen LogP contribution in [0.5, 0.6) is 0 Å². The second-order valence-electron chi connectivity index (χ2n) is 2.09. The van der Waals surface area contributed by atoms with Gasteiger partial charge in [0, 0.05) is 7.05 Å². The van der Waals surface area contributed by atoms with Gasteiger partial charge in [0.2, 0.25) is 0 Å². The molecule has 0 bridgehead atoms. The minimum absolute atomic E-state index is 0.266. The Morgan fingerprint density at radius 2 is 2.22 bits per heavy atom. The summed E-state index contributed by atoms with van der Waals surface area (Å²) < 4.78 is 0. The van der Waals surface area contributed by atoms with Crippen LogP contribution >= 0.6 is 0 Å². The van der Waals surface area contributed by atoms with Crippen molar-refractivity contribution in [2.75, 3.05) is 7.05 Å². The van der Waals surface area contributed by atoms with E-state index in [0.717, 1.165) is 0 Å². The van der Waals surface area contributed by atoms with Crippen molar-refractivity contribution in [3.05, 3.63) is 0 Å². The van der Waals surface area contributed by atoms with Crippen LogP contribution in [0.15, 0.2) is 5.10 Å². The van der Waals surface area contributed by atoms with Gasteiger partial charge >= 0.3 is 0 Å². The van der Waals surface area contributed by atoms with Gasteiger partial charge in [0.1, 0.15) is 0 Å². The summed E-state index contributed by atoms with van der Waals surface area (Å²) in [4.78, 5) is 0. The van der Waals surface area contributed by atoms with Gasteiger partial charge in [0.05, 0.1) is 11.9 Å². The molecule has 0 rings (SSSR count). The maximum absolute atomic E-state index is 7.26. The summed E-state index contributed by atoms with van der Waals surface area (Å²) in [6.07, 6.45) is 1.52. The van der Waals surface area contributed by atoms with Gasteiger partial charge in [-0.3, -0.25) is 0 Å². The van der Waals surface area contributed by atoms with E-state index in [1.807, 2.05) is 13.8 Å². The third kappa shape index (κ3) is 3.70. The Balaban J connectivity index is 3.63. The van der Waals surface area contributed by atoms with E-state index in [4.69, 9.17) is 5.41 Å². The molecule has 0 unspecified atom stereocenters. The molecule has 0 saturated carbocycles. The molecule has 0 fully saturated rings. The first-order chi connectivity index (χ1) is 4.18. The molecule has 0 saturated heterocycles. The van der Waals surface area contributed by atoms with Crippen molar-refractivity contribution in [2.45, 2.75) is 13.8 Å². The first kappa shape index (κ1) is 8.14. The van der Waals surface area contributed by atoms with E-state index in [1.54, 1.807) is 7.05 Å². The standard InChI is InChI=1S/C6H13N3/c1-5(2)6(7)4-9-8-3/h4-5,7-8H,1-3H3. The molecule has 0 aliphatic heterocycles. The molecule has 2 N–H and O–H groups in total. The number of rotatable bonds is 3. The molecule has 0 aromatic rings. The smallest absolute Gasteiger partial charge is 0.0678 e. The molecule has 0 radical (unpaired) electrons. The van der Waals surface area contributed by atoms with Gasteiger partial charge in [-0.15, -0.1) is 0 Å². The molecule has 0 aliphatic rings. The van der Waals surface area contributed by atoms with Crippen LogP contribution in [0.2, 0.25) is 0 Å². The second kappa shape index (κ2) is 4.06. The molecule has 9 heavy (non-hydrogen) atoms. The van der Waals surface area contributed by atoms with Crippen molar-refractivity contribution in [2.24, 2.45) is 11.0 Å². The molecule has 3 nitrogen and oxygen atoms in total. The number of hydrazone groups is 1. The highest BCUT2D eigenvalue weighted by Gasteiger charge is 1.96. The lowest BCUT2D eigenvalue weighted by Gasteiger charge is -1.98. The monoisotopic (exact) mass is 127 g/mol. The molecule has 52 valence electrons. The largest absolute Gasteiger partial charge is 0.313 e.